The molecule has 0 rings (SSSR count). The fraction of sp³-hybridized carbons (Fsp3) is 0.250. The van der Waals surface area contributed by atoms with E-state index in [-0.39, 0.29) is 0 Å². The van der Waals surface area contributed by atoms with Gasteiger partial charge in [-0.2, -0.15) is 0 Å². The fourth-order valence-corrected chi connectivity index (χ4v) is 0.157. The van der Waals surface area contributed by atoms with Crippen LogP contribution in [0.2, 0.25) is 0 Å². The number of hydrogen-bond donors (Lipinski definition) is 1. The Labute approximate surface area is 49.5 Å². The van der Waals surface area contributed by atoms with E-state index >= 15 is 0 Å². The van der Waals surface area contributed by atoms with E-state index in [1.165, 1.54) is 0 Å². The van der Waals surface area contributed by atoms with Crippen LogP contribution in [0, 0.1) is 0 Å². The van der Waals surface area contributed by atoms with Crippen molar-refractivity contribution in [3.8, 4) is 0 Å². The Kier molecular flexibility index (Phi) is 3.34. The van der Waals surface area contributed by atoms with Gasteiger partial charge >= 0.3 is 6.16 Å². The maximum atomic E-state index is 11.1. The van der Waals surface area contributed by atoms with Crippen LogP contribution in [0.5, 0.6) is 0 Å². The molecule has 0 unspecified atom stereocenters. The molecule has 0 atom stereocenters. The van der Waals surface area contributed by atoms with Crippen LogP contribution in [0.3, 0.4) is 0 Å². The molecule has 0 aliphatic heterocycles. The van der Waals surface area contributed by atoms with Crippen molar-refractivity contribution in [1.82, 2.24) is 0 Å². The number of carboxylic acid groups (broad SMARTS) is 1. The lowest BCUT2D eigenvalue weighted by Crippen LogP contribution is -1.92. The summed E-state index contributed by atoms with van der Waals surface area (Å²) in [6.07, 6.45) is -3.53. The predicted molar refractivity (Wildman–Crippen MR) is 24.3 cm³/mol. The van der Waals surface area contributed by atoms with Gasteiger partial charge in [0.15, 0.2) is 0 Å². The van der Waals surface area contributed by atoms with E-state index < -0.39 is 12.6 Å². The molecule has 0 fully saturated rings. The number of alkyl halides is 2. The fourth-order valence-electron chi connectivity index (χ4n) is 0.157. The van der Waals surface area contributed by atoms with Crippen LogP contribution in [-0.2, 0) is 4.74 Å². The molecule has 0 radical (unpaired) electrons. The van der Waals surface area contributed by atoms with Crippen molar-refractivity contribution in [3.05, 3.63) is 12.3 Å². The van der Waals surface area contributed by atoms with Crippen LogP contribution in [0.25, 0.3) is 0 Å². The Morgan fingerprint density at radius 1 is 1.67 bits per heavy atom. The van der Waals surface area contributed by atoms with Crippen molar-refractivity contribution in [3.63, 3.8) is 0 Å². The third-order valence-electron chi connectivity index (χ3n) is 0.393. The van der Waals surface area contributed by atoms with Crippen molar-refractivity contribution >= 4 is 6.16 Å². The average molecular weight is 138 g/mol. The van der Waals surface area contributed by atoms with Crippen molar-refractivity contribution in [2.75, 3.05) is 0 Å². The Morgan fingerprint density at radius 2 is 2.22 bits per heavy atom. The van der Waals surface area contributed by atoms with Crippen LogP contribution in [-0.4, -0.2) is 17.7 Å². The Hall–Kier alpha value is -1.13. The minimum Gasteiger partial charge on any atom is -0.449 e. The summed E-state index contributed by atoms with van der Waals surface area (Å²) in [6, 6.07) is 0. The molecule has 1 N–H and O–H groups in total. The van der Waals surface area contributed by atoms with E-state index in [4.69, 9.17) is 5.11 Å². The second-order valence-corrected chi connectivity index (χ2v) is 1.05. The molecule has 0 spiro atoms. The van der Waals surface area contributed by atoms with Crippen molar-refractivity contribution in [1.29, 1.82) is 0 Å². The summed E-state index contributed by atoms with van der Waals surface area (Å²) in [5.41, 5.74) is 0. The van der Waals surface area contributed by atoms with E-state index in [1.54, 1.807) is 0 Å². The molecule has 0 aliphatic carbocycles. The molecule has 0 saturated heterocycles. The van der Waals surface area contributed by atoms with Crippen molar-refractivity contribution < 1.29 is 23.4 Å². The summed E-state index contributed by atoms with van der Waals surface area (Å²) in [4.78, 5) is 9.46. The van der Waals surface area contributed by atoms with Gasteiger partial charge in [-0.25, -0.2) is 13.6 Å². The zero-order valence-electron chi connectivity index (χ0n) is 4.25. The SMILES string of the molecule is O=C(O)OC=CC(F)F. The molecule has 0 bridgehead atoms. The third kappa shape index (κ3) is 6.87. The van der Waals surface area contributed by atoms with Gasteiger partial charge in [0.25, 0.3) is 6.43 Å². The van der Waals surface area contributed by atoms with Crippen LogP contribution < -0.4 is 0 Å². The molecular formula is C4H4F2O3. The van der Waals surface area contributed by atoms with E-state index in [0.29, 0.717) is 12.3 Å². The number of halogens is 2. The van der Waals surface area contributed by atoms with Crippen molar-refractivity contribution in [2.45, 2.75) is 6.43 Å². The molecule has 0 aliphatic rings. The van der Waals surface area contributed by atoms with E-state index in [0.717, 1.165) is 0 Å². The van der Waals surface area contributed by atoms with Crippen molar-refractivity contribution in [2.24, 2.45) is 0 Å². The van der Waals surface area contributed by atoms with Gasteiger partial charge < -0.3 is 9.84 Å². The molecule has 0 heterocycles. The number of hydrogen-bond acceptors (Lipinski definition) is 2. The van der Waals surface area contributed by atoms with Gasteiger partial charge in [0, 0.05) is 6.08 Å². The monoisotopic (exact) mass is 138 g/mol. The largest absolute Gasteiger partial charge is 0.510 e. The summed E-state index contributed by atoms with van der Waals surface area (Å²) in [5.74, 6) is 0. The minimum absolute atomic E-state index is 0.328. The maximum Gasteiger partial charge on any atom is 0.510 e. The molecule has 3 nitrogen and oxygen atoms in total. The summed E-state index contributed by atoms with van der Waals surface area (Å²) >= 11 is 0. The molecule has 0 saturated carbocycles. The van der Waals surface area contributed by atoms with E-state index in [2.05, 4.69) is 4.74 Å². The lowest BCUT2D eigenvalue weighted by Gasteiger charge is -1.87. The Balaban J connectivity index is 3.36. The van der Waals surface area contributed by atoms with Crippen LogP contribution in [0.4, 0.5) is 13.6 Å². The lowest BCUT2D eigenvalue weighted by molar-refractivity contribution is 0.126. The minimum atomic E-state index is -2.68. The number of allylic oxidation sites excluding steroid dienone is 1. The Bertz CT molecular complexity index is 121. The highest BCUT2D eigenvalue weighted by Gasteiger charge is 1.94. The second kappa shape index (κ2) is 3.82. The lowest BCUT2D eigenvalue weighted by atomic mass is 10.7. The van der Waals surface area contributed by atoms with Gasteiger partial charge in [-0.15, -0.1) is 0 Å². The molecule has 5 heteroatoms. The van der Waals surface area contributed by atoms with Gasteiger partial charge in [-0.3, -0.25) is 0 Å². The third-order valence-corrected chi connectivity index (χ3v) is 0.393. The smallest absolute Gasteiger partial charge is 0.449 e. The van der Waals surface area contributed by atoms with E-state index in [9.17, 15) is 13.6 Å². The van der Waals surface area contributed by atoms with Gasteiger partial charge in [0.05, 0.1) is 6.26 Å². The normalized spacial score (nSPS) is 10.6. The molecule has 0 aromatic heterocycles. The van der Waals surface area contributed by atoms with Gasteiger partial charge in [0.2, 0.25) is 0 Å². The summed E-state index contributed by atoms with van der Waals surface area (Å²) in [7, 11) is 0. The number of ether oxygens (including phenoxy) is 1. The zero-order valence-corrected chi connectivity index (χ0v) is 4.25. The Morgan fingerprint density at radius 3 is 2.56 bits per heavy atom. The quantitative estimate of drug-likeness (QED) is 0.464. The average Bonchev–Trinajstić information content (AvgIpc) is 1.63. The molecular weight excluding hydrogens is 134 g/mol. The highest BCUT2D eigenvalue weighted by molar-refractivity contribution is 5.57. The first-order valence-corrected chi connectivity index (χ1v) is 1.97. The van der Waals surface area contributed by atoms with Crippen LogP contribution >= 0.6 is 0 Å². The molecule has 0 aromatic carbocycles. The van der Waals surface area contributed by atoms with Crippen LogP contribution in [0.15, 0.2) is 12.3 Å². The maximum absolute atomic E-state index is 11.1. The van der Waals surface area contributed by atoms with Gasteiger partial charge in [-0.1, -0.05) is 0 Å². The van der Waals surface area contributed by atoms with Crippen LogP contribution in [0.1, 0.15) is 0 Å². The highest BCUT2D eigenvalue weighted by atomic mass is 19.3. The molecule has 9 heavy (non-hydrogen) atoms. The summed E-state index contributed by atoms with van der Waals surface area (Å²) in [5, 5.41) is 7.71. The highest BCUT2D eigenvalue weighted by Crippen LogP contribution is 1.93. The number of rotatable bonds is 2. The van der Waals surface area contributed by atoms with E-state index in [1.807, 2.05) is 0 Å². The first kappa shape index (κ1) is 7.87. The van der Waals surface area contributed by atoms with Gasteiger partial charge in [0.1, 0.15) is 0 Å². The molecule has 0 aromatic rings. The summed E-state index contributed by atoms with van der Waals surface area (Å²) < 4.78 is 25.9. The molecule has 0 amide bonds. The predicted octanol–water partition coefficient (Wildman–Crippen LogP) is 1.46. The second-order valence-electron chi connectivity index (χ2n) is 1.05. The summed E-state index contributed by atoms with van der Waals surface area (Å²) in [6.45, 7) is 0. The standard InChI is InChI=1S/C4H4F2O3/c5-3(6)1-2-9-4(7)8/h1-3H,(H,7,8). The first-order valence-electron chi connectivity index (χ1n) is 1.97. The number of carbonyl (C=O) groups is 1. The molecule has 52 valence electrons. The van der Waals surface area contributed by atoms with Gasteiger partial charge in [-0.05, 0) is 0 Å². The zero-order chi connectivity index (χ0) is 7.28. The topological polar surface area (TPSA) is 46.5 Å². The first-order chi connectivity index (χ1) is 4.13.